The predicted molar refractivity (Wildman–Crippen MR) is 112 cm³/mol. The predicted octanol–water partition coefficient (Wildman–Crippen LogP) is 3.15. The van der Waals surface area contributed by atoms with E-state index in [2.05, 4.69) is 10.6 Å². The largest absolute Gasteiger partial charge is 0.497 e. The van der Waals surface area contributed by atoms with Crippen LogP contribution < -0.4 is 15.4 Å². The van der Waals surface area contributed by atoms with Gasteiger partial charge in [-0.15, -0.1) is 0 Å². The highest BCUT2D eigenvalue weighted by atomic mass is 16.5. The number of aromatic nitrogens is 1. The maximum Gasteiger partial charge on any atom is 0.253 e. The third-order valence-corrected chi connectivity index (χ3v) is 4.75. The molecule has 0 spiro atoms. The molecule has 0 bridgehead atoms. The highest BCUT2D eigenvalue weighted by molar-refractivity contribution is 5.97. The van der Waals surface area contributed by atoms with Crippen molar-refractivity contribution in [1.82, 2.24) is 15.2 Å². The fourth-order valence-corrected chi connectivity index (χ4v) is 3.24. The molecule has 1 heterocycles. The van der Waals surface area contributed by atoms with Crippen LogP contribution in [0.2, 0.25) is 0 Å². The quantitative estimate of drug-likeness (QED) is 0.650. The van der Waals surface area contributed by atoms with Gasteiger partial charge in [-0.3, -0.25) is 9.59 Å². The Labute approximate surface area is 170 Å². The topological polar surface area (TPSA) is 72.4 Å². The first-order valence-corrected chi connectivity index (χ1v) is 9.42. The Balaban J connectivity index is 1.63. The van der Waals surface area contributed by atoms with E-state index in [9.17, 15) is 9.59 Å². The van der Waals surface area contributed by atoms with Gasteiger partial charge < -0.3 is 19.9 Å². The van der Waals surface area contributed by atoms with Crippen LogP contribution in [0, 0.1) is 13.8 Å². The SMILES string of the molecule is COc1ccc(-n2c(C)cc(C(=O)NCC(=O)NCc3ccccc3)c2C)cc1. The minimum Gasteiger partial charge on any atom is -0.497 e. The number of benzene rings is 2. The van der Waals surface area contributed by atoms with E-state index in [1.54, 1.807) is 7.11 Å². The van der Waals surface area contributed by atoms with E-state index >= 15 is 0 Å². The molecule has 3 rings (SSSR count). The van der Waals surface area contributed by atoms with Gasteiger partial charge in [-0.25, -0.2) is 0 Å². The van der Waals surface area contributed by atoms with Crippen LogP contribution in [-0.4, -0.2) is 30.0 Å². The van der Waals surface area contributed by atoms with Crippen molar-refractivity contribution in [2.24, 2.45) is 0 Å². The zero-order chi connectivity index (χ0) is 20.8. The van der Waals surface area contributed by atoms with E-state index in [1.165, 1.54) is 0 Å². The number of methoxy groups -OCH3 is 1. The Bertz CT molecular complexity index is 992. The van der Waals surface area contributed by atoms with Crippen LogP contribution >= 0.6 is 0 Å². The van der Waals surface area contributed by atoms with Crippen LogP contribution in [0.15, 0.2) is 60.7 Å². The van der Waals surface area contributed by atoms with Crippen molar-refractivity contribution in [3.8, 4) is 11.4 Å². The van der Waals surface area contributed by atoms with E-state index in [0.29, 0.717) is 12.1 Å². The van der Waals surface area contributed by atoms with Gasteiger partial charge in [0.05, 0.1) is 19.2 Å². The number of hydrogen-bond donors (Lipinski definition) is 2. The number of carbonyl (C=O) groups is 2. The lowest BCUT2D eigenvalue weighted by atomic mass is 10.2. The third-order valence-electron chi connectivity index (χ3n) is 4.75. The van der Waals surface area contributed by atoms with Crippen LogP contribution in [-0.2, 0) is 11.3 Å². The highest BCUT2D eigenvalue weighted by Crippen LogP contribution is 2.22. The lowest BCUT2D eigenvalue weighted by Gasteiger charge is -2.11. The number of amides is 2. The molecular weight excluding hydrogens is 366 g/mol. The van der Waals surface area contributed by atoms with Gasteiger partial charge >= 0.3 is 0 Å². The van der Waals surface area contributed by atoms with Gasteiger partial charge in [0, 0.05) is 23.6 Å². The normalized spacial score (nSPS) is 10.4. The molecule has 29 heavy (non-hydrogen) atoms. The van der Waals surface area contributed by atoms with Gasteiger partial charge in [-0.05, 0) is 49.7 Å². The summed E-state index contributed by atoms with van der Waals surface area (Å²) in [5.41, 5.74) is 4.26. The molecule has 0 aliphatic rings. The molecule has 0 fully saturated rings. The number of carbonyl (C=O) groups excluding carboxylic acids is 2. The number of nitrogens with zero attached hydrogens (tertiary/aromatic N) is 1. The maximum atomic E-state index is 12.6. The number of ether oxygens (including phenoxy) is 1. The van der Waals surface area contributed by atoms with Gasteiger partial charge in [0.2, 0.25) is 5.91 Å². The Kier molecular flexibility index (Phi) is 6.34. The molecule has 0 radical (unpaired) electrons. The van der Waals surface area contributed by atoms with Gasteiger partial charge in [-0.2, -0.15) is 0 Å². The molecule has 0 aliphatic heterocycles. The lowest BCUT2D eigenvalue weighted by molar-refractivity contribution is -0.120. The number of nitrogens with one attached hydrogen (secondary N) is 2. The van der Waals surface area contributed by atoms with E-state index in [-0.39, 0.29) is 18.4 Å². The molecule has 1 aromatic heterocycles. The minimum absolute atomic E-state index is 0.0716. The molecule has 0 unspecified atom stereocenters. The fourth-order valence-electron chi connectivity index (χ4n) is 3.24. The smallest absolute Gasteiger partial charge is 0.253 e. The first-order valence-electron chi connectivity index (χ1n) is 9.42. The van der Waals surface area contributed by atoms with Crippen molar-refractivity contribution in [2.45, 2.75) is 20.4 Å². The Morgan fingerprint density at radius 2 is 1.66 bits per heavy atom. The van der Waals surface area contributed by atoms with Crippen molar-refractivity contribution in [3.05, 3.63) is 83.2 Å². The zero-order valence-corrected chi connectivity index (χ0v) is 16.9. The van der Waals surface area contributed by atoms with Crippen molar-refractivity contribution in [3.63, 3.8) is 0 Å². The molecule has 0 saturated carbocycles. The van der Waals surface area contributed by atoms with E-state index in [4.69, 9.17) is 4.74 Å². The summed E-state index contributed by atoms with van der Waals surface area (Å²) >= 11 is 0. The lowest BCUT2D eigenvalue weighted by Crippen LogP contribution is -2.36. The Morgan fingerprint density at radius 3 is 2.31 bits per heavy atom. The van der Waals surface area contributed by atoms with Gasteiger partial charge in [-0.1, -0.05) is 30.3 Å². The minimum atomic E-state index is -0.271. The molecule has 2 amide bonds. The first-order chi connectivity index (χ1) is 14.0. The van der Waals surface area contributed by atoms with Crippen LogP contribution in [0.5, 0.6) is 5.75 Å². The first kappa shape index (κ1) is 20.2. The van der Waals surface area contributed by atoms with Crippen LogP contribution in [0.4, 0.5) is 0 Å². The van der Waals surface area contributed by atoms with Crippen molar-refractivity contribution in [2.75, 3.05) is 13.7 Å². The van der Waals surface area contributed by atoms with E-state index in [0.717, 1.165) is 28.4 Å². The molecule has 6 heteroatoms. The maximum absolute atomic E-state index is 12.6. The van der Waals surface area contributed by atoms with E-state index < -0.39 is 0 Å². The summed E-state index contributed by atoms with van der Waals surface area (Å²) in [5, 5.41) is 5.50. The van der Waals surface area contributed by atoms with Gasteiger partial charge in [0.15, 0.2) is 0 Å². The van der Waals surface area contributed by atoms with Gasteiger partial charge in [0.1, 0.15) is 5.75 Å². The molecular formula is C23H25N3O3. The summed E-state index contributed by atoms with van der Waals surface area (Å²) < 4.78 is 7.20. The van der Waals surface area contributed by atoms with Crippen molar-refractivity contribution in [1.29, 1.82) is 0 Å². The molecule has 2 aromatic carbocycles. The second-order valence-electron chi connectivity index (χ2n) is 6.76. The summed E-state index contributed by atoms with van der Waals surface area (Å²) in [6.45, 7) is 4.20. The zero-order valence-electron chi connectivity index (χ0n) is 16.9. The average Bonchev–Trinajstić information content (AvgIpc) is 3.05. The molecule has 6 nitrogen and oxygen atoms in total. The third kappa shape index (κ3) is 4.85. The second kappa shape index (κ2) is 9.10. The summed E-state index contributed by atoms with van der Waals surface area (Å²) in [7, 11) is 1.62. The van der Waals surface area contributed by atoms with Crippen LogP contribution in [0.3, 0.4) is 0 Å². The summed E-state index contributed by atoms with van der Waals surface area (Å²) in [6, 6.07) is 19.1. The monoisotopic (exact) mass is 391 g/mol. The summed E-state index contributed by atoms with van der Waals surface area (Å²) in [4.78, 5) is 24.7. The molecule has 0 saturated heterocycles. The van der Waals surface area contributed by atoms with Gasteiger partial charge in [0.25, 0.3) is 5.91 Å². The molecule has 3 aromatic rings. The average molecular weight is 391 g/mol. The molecule has 2 N–H and O–H groups in total. The van der Waals surface area contributed by atoms with Crippen molar-refractivity contribution < 1.29 is 14.3 Å². The van der Waals surface area contributed by atoms with Crippen molar-refractivity contribution >= 4 is 11.8 Å². The fraction of sp³-hybridized carbons (Fsp3) is 0.217. The second-order valence-corrected chi connectivity index (χ2v) is 6.76. The number of aryl methyl sites for hydroxylation is 1. The Hall–Kier alpha value is -3.54. The number of hydrogen-bond acceptors (Lipinski definition) is 3. The van der Waals surface area contributed by atoms with Crippen LogP contribution in [0.25, 0.3) is 5.69 Å². The molecule has 150 valence electrons. The molecule has 0 atom stereocenters. The summed E-state index contributed by atoms with van der Waals surface area (Å²) in [5.74, 6) is 0.273. The highest BCUT2D eigenvalue weighted by Gasteiger charge is 2.17. The Morgan fingerprint density at radius 1 is 0.966 bits per heavy atom. The standard InChI is InChI=1S/C23H25N3O3/c1-16-13-21(17(2)26(16)19-9-11-20(29-3)12-10-19)23(28)25-15-22(27)24-14-18-7-5-4-6-8-18/h4-13H,14-15H2,1-3H3,(H,24,27)(H,25,28). The van der Waals surface area contributed by atoms with Crippen LogP contribution in [0.1, 0.15) is 27.3 Å². The van der Waals surface area contributed by atoms with E-state index in [1.807, 2.05) is 79.1 Å². The molecule has 0 aliphatic carbocycles. The summed E-state index contributed by atoms with van der Waals surface area (Å²) in [6.07, 6.45) is 0. The number of rotatable bonds is 7.